The second kappa shape index (κ2) is 4.28. The highest BCUT2D eigenvalue weighted by Gasteiger charge is 2.08. The second-order valence-corrected chi connectivity index (χ2v) is 4.29. The minimum atomic E-state index is -2.11. The summed E-state index contributed by atoms with van der Waals surface area (Å²) in [6.07, 6.45) is 5.84. The van der Waals surface area contributed by atoms with Crippen LogP contribution in [0.1, 0.15) is 12.0 Å². The fraction of sp³-hybridized carbons (Fsp3) is 0.0833. The molecule has 15 heavy (non-hydrogen) atoms. The summed E-state index contributed by atoms with van der Waals surface area (Å²) in [6.45, 7) is 0. The van der Waals surface area contributed by atoms with Gasteiger partial charge in [-0.3, -0.25) is 0 Å². The molecule has 0 N–H and O–H groups in total. The zero-order valence-electron chi connectivity index (χ0n) is 8.05. The molecule has 0 saturated heterocycles. The molecular formula is C12H10O2S. The molecule has 0 spiro atoms. The molecule has 0 heterocycles. The lowest BCUT2D eigenvalue weighted by atomic mass is 9.97. The molecule has 1 aromatic carbocycles. The molecule has 1 aromatic rings. The van der Waals surface area contributed by atoms with Crippen molar-refractivity contribution in [2.24, 2.45) is 0 Å². The lowest BCUT2D eigenvalue weighted by Gasteiger charge is -2.08. The van der Waals surface area contributed by atoms with Crippen LogP contribution >= 0.6 is 0 Å². The van der Waals surface area contributed by atoms with E-state index in [1.54, 1.807) is 12.2 Å². The zero-order chi connectivity index (χ0) is 10.7. The van der Waals surface area contributed by atoms with Crippen LogP contribution in [0.4, 0.5) is 0 Å². The Balaban J connectivity index is 2.39. The molecule has 0 saturated carbocycles. The molecule has 1 aliphatic carbocycles. The Morgan fingerprint density at radius 2 is 1.80 bits per heavy atom. The smallest absolute Gasteiger partial charge is 0.184 e. The van der Waals surface area contributed by atoms with Gasteiger partial charge in [-0.25, -0.2) is 0 Å². The Hall–Kier alpha value is -1.61. The lowest BCUT2D eigenvalue weighted by Crippen LogP contribution is -2.01. The van der Waals surface area contributed by atoms with E-state index in [4.69, 9.17) is 0 Å². The Kier molecular flexibility index (Phi) is 2.83. The molecule has 0 radical (unpaired) electrons. The van der Waals surface area contributed by atoms with Gasteiger partial charge in [0, 0.05) is 6.42 Å². The highest BCUT2D eigenvalue weighted by molar-refractivity contribution is 7.73. The van der Waals surface area contributed by atoms with E-state index < -0.39 is 10.3 Å². The summed E-state index contributed by atoms with van der Waals surface area (Å²) in [5, 5.41) is 0. The number of hydrogen-bond donors (Lipinski definition) is 0. The maximum atomic E-state index is 10.8. The van der Waals surface area contributed by atoms with Crippen LogP contribution in [-0.4, -0.2) is 13.3 Å². The van der Waals surface area contributed by atoms with Gasteiger partial charge in [-0.15, -0.1) is 0 Å². The van der Waals surface area contributed by atoms with E-state index in [2.05, 4.69) is 0 Å². The first-order valence-electron chi connectivity index (χ1n) is 4.65. The first-order chi connectivity index (χ1) is 7.27. The topological polar surface area (TPSA) is 34.1 Å². The van der Waals surface area contributed by atoms with Crippen LogP contribution in [0.25, 0.3) is 5.57 Å². The van der Waals surface area contributed by atoms with E-state index >= 15 is 0 Å². The predicted octanol–water partition coefficient (Wildman–Crippen LogP) is 2.08. The van der Waals surface area contributed by atoms with E-state index in [0.29, 0.717) is 11.3 Å². The number of rotatable bonds is 1. The van der Waals surface area contributed by atoms with Crippen LogP contribution in [0, 0.1) is 0 Å². The van der Waals surface area contributed by atoms with Crippen molar-refractivity contribution in [1.29, 1.82) is 0 Å². The van der Waals surface area contributed by atoms with Crippen LogP contribution in [0.5, 0.6) is 0 Å². The van der Waals surface area contributed by atoms with Gasteiger partial charge in [0.2, 0.25) is 10.3 Å². The summed E-state index contributed by atoms with van der Waals surface area (Å²) < 4.78 is 21.6. The van der Waals surface area contributed by atoms with E-state index in [1.165, 1.54) is 0 Å². The monoisotopic (exact) mass is 218 g/mol. The molecule has 2 rings (SSSR count). The first kappa shape index (κ1) is 9.93. The highest BCUT2D eigenvalue weighted by Crippen LogP contribution is 2.21. The van der Waals surface area contributed by atoms with Gasteiger partial charge < -0.3 is 0 Å². The summed E-state index contributed by atoms with van der Waals surface area (Å²) in [6, 6.07) is 9.80. The normalized spacial score (nSPS) is 14.9. The van der Waals surface area contributed by atoms with Crippen LogP contribution in [-0.2, 0) is 10.3 Å². The summed E-state index contributed by atoms with van der Waals surface area (Å²) in [5.41, 5.74) is 2.11. The molecule has 3 heteroatoms. The Morgan fingerprint density at radius 1 is 1.07 bits per heavy atom. The molecular weight excluding hydrogens is 208 g/mol. The van der Waals surface area contributed by atoms with Crippen LogP contribution < -0.4 is 0 Å². The third-order valence-electron chi connectivity index (χ3n) is 2.30. The van der Waals surface area contributed by atoms with Crippen molar-refractivity contribution >= 4 is 20.7 Å². The predicted molar refractivity (Wildman–Crippen MR) is 62.1 cm³/mol. The van der Waals surface area contributed by atoms with Gasteiger partial charge in [-0.1, -0.05) is 42.5 Å². The third kappa shape index (κ3) is 2.25. The van der Waals surface area contributed by atoms with Crippen molar-refractivity contribution in [2.45, 2.75) is 6.42 Å². The van der Waals surface area contributed by atoms with Crippen molar-refractivity contribution in [3.63, 3.8) is 0 Å². The molecule has 0 bridgehead atoms. The largest absolute Gasteiger partial charge is 0.217 e. The van der Waals surface area contributed by atoms with Crippen molar-refractivity contribution in [3.05, 3.63) is 54.1 Å². The SMILES string of the molecule is O=S(=O)=C1C=CC=C(c2ccccc2)C1. The summed E-state index contributed by atoms with van der Waals surface area (Å²) in [7, 11) is -2.11. The van der Waals surface area contributed by atoms with E-state index in [1.807, 2.05) is 36.4 Å². The molecule has 0 unspecified atom stereocenters. The second-order valence-electron chi connectivity index (χ2n) is 3.29. The average molecular weight is 218 g/mol. The first-order valence-corrected chi connectivity index (χ1v) is 5.72. The Morgan fingerprint density at radius 3 is 2.47 bits per heavy atom. The van der Waals surface area contributed by atoms with Crippen LogP contribution in [0.2, 0.25) is 0 Å². The summed E-state index contributed by atoms with van der Waals surface area (Å²) >= 11 is 0. The highest BCUT2D eigenvalue weighted by atomic mass is 32.2. The quantitative estimate of drug-likeness (QED) is 0.676. The Bertz CT molecular complexity index is 541. The van der Waals surface area contributed by atoms with Crippen LogP contribution in [0.15, 0.2) is 48.6 Å². The fourth-order valence-corrected chi connectivity index (χ4v) is 2.01. The van der Waals surface area contributed by atoms with Gasteiger partial charge in [0.1, 0.15) is 0 Å². The maximum absolute atomic E-state index is 10.8. The summed E-state index contributed by atoms with van der Waals surface area (Å²) in [4.78, 5) is 0.441. The molecule has 0 aromatic heterocycles. The van der Waals surface area contributed by atoms with Crippen LogP contribution in [0.3, 0.4) is 0 Å². The van der Waals surface area contributed by atoms with E-state index in [0.717, 1.165) is 11.1 Å². The standard InChI is InChI=1S/C12H10O2S/c13-15(14)12-8-4-7-11(9-12)10-5-2-1-3-6-10/h1-8H,9H2. The van der Waals surface area contributed by atoms with Crippen molar-refractivity contribution < 1.29 is 8.42 Å². The molecule has 0 atom stereocenters. The van der Waals surface area contributed by atoms with E-state index in [9.17, 15) is 8.42 Å². The van der Waals surface area contributed by atoms with Gasteiger partial charge in [0.05, 0.1) is 4.86 Å². The molecule has 76 valence electrons. The van der Waals surface area contributed by atoms with Gasteiger partial charge in [0.15, 0.2) is 0 Å². The van der Waals surface area contributed by atoms with E-state index in [-0.39, 0.29) is 0 Å². The Labute approximate surface area is 90.1 Å². The maximum Gasteiger partial charge on any atom is 0.217 e. The molecule has 1 aliphatic rings. The van der Waals surface area contributed by atoms with Crippen molar-refractivity contribution in [3.8, 4) is 0 Å². The summed E-state index contributed by atoms with van der Waals surface area (Å²) in [5.74, 6) is 0. The lowest BCUT2D eigenvalue weighted by molar-refractivity contribution is 0.627. The molecule has 0 aliphatic heterocycles. The van der Waals surface area contributed by atoms with Gasteiger partial charge in [0.25, 0.3) is 0 Å². The third-order valence-corrected chi connectivity index (χ3v) is 3.01. The minimum absolute atomic E-state index is 0.441. The van der Waals surface area contributed by atoms with Crippen molar-refractivity contribution in [2.75, 3.05) is 0 Å². The molecule has 0 amide bonds. The zero-order valence-corrected chi connectivity index (χ0v) is 8.87. The number of allylic oxidation sites excluding steroid dienone is 4. The van der Waals surface area contributed by atoms with Gasteiger partial charge in [-0.05, 0) is 17.2 Å². The van der Waals surface area contributed by atoms with Gasteiger partial charge >= 0.3 is 0 Å². The average Bonchev–Trinajstić information content (AvgIpc) is 2.30. The van der Waals surface area contributed by atoms with Crippen molar-refractivity contribution in [1.82, 2.24) is 0 Å². The molecule has 0 fully saturated rings. The molecule has 2 nitrogen and oxygen atoms in total. The fourth-order valence-electron chi connectivity index (χ4n) is 1.54. The minimum Gasteiger partial charge on any atom is -0.184 e. The van der Waals surface area contributed by atoms with Gasteiger partial charge in [-0.2, -0.15) is 8.42 Å². The number of hydrogen-bond acceptors (Lipinski definition) is 2. The number of benzene rings is 1.